The smallest absolute Gasteiger partial charge is 0.255 e. The number of likely N-dealkylation sites (N-methyl/N-ethyl adjacent to an activating group) is 1. The second-order valence-electron chi connectivity index (χ2n) is 7.11. The molecule has 8 heteroatoms. The average molecular weight is 490 g/mol. The van der Waals surface area contributed by atoms with E-state index >= 15 is 0 Å². The number of nitrogens with one attached hydrogen (secondary N) is 2. The Bertz CT molecular complexity index is 934. The third-order valence-electron chi connectivity index (χ3n) is 4.85. The van der Waals surface area contributed by atoms with Crippen molar-refractivity contribution in [2.75, 3.05) is 43.9 Å². The van der Waals surface area contributed by atoms with Crippen molar-refractivity contribution in [1.82, 2.24) is 10.2 Å². The normalized spacial score (nSPS) is 11.1. The van der Waals surface area contributed by atoms with Gasteiger partial charge in [-0.15, -0.1) is 11.8 Å². The highest BCUT2D eigenvalue weighted by molar-refractivity contribution is 7.99. The third-order valence-corrected chi connectivity index (χ3v) is 6.14. The van der Waals surface area contributed by atoms with Crippen LogP contribution in [0, 0.1) is 0 Å². The highest BCUT2D eigenvalue weighted by atomic mass is 35.5. The topological polar surface area (TPSA) is 70.7 Å². The monoisotopic (exact) mass is 489 g/mol. The summed E-state index contributed by atoms with van der Waals surface area (Å²) < 4.78 is 5.97. The predicted octanol–water partition coefficient (Wildman–Crippen LogP) is 5.10. The maximum absolute atomic E-state index is 12.9. The molecule has 0 unspecified atom stereocenters. The minimum absolute atomic E-state index is 0.263. The molecule has 2 aromatic rings. The maximum Gasteiger partial charge on any atom is 0.255 e. The van der Waals surface area contributed by atoms with E-state index < -0.39 is 0 Å². The van der Waals surface area contributed by atoms with Gasteiger partial charge in [0, 0.05) is 29.8 Å². The zero-order chi connectivity index (χ0) is 24.1. The van der Waals surface area contributed by atoms with Gasteiger partial charge in [-0.2, -0.15) is 0 Å². The Kier molecular flexibility index (Phi) is 11.9. The molecular weight excluding hydrogens is 458 g/mol. The summed E-state index contributed by atoms with van der Waals surface area (Å²) >= 11 is 8.04. The molecule has 0 saturated heterocycles. The second-order valence-corrected chi connectivity index (χ2v) is 8.69. The van der Waals surface area contributed by atoms with Gasteiger partial charge >= 0.3 is 0 Å². The number of allylic oxidation sites excluding steroid dienone is 1. The van der Waals surface area contributed by atoms with E-state index in [9.17, 15) is 9.59 Å². The molecule has 0 fully saturated rings. The van der Waals surface area contributed by atoms with Gasteiger partial charge in [-0.3, -0.25) is 9.59 Å². The summed E-state index contributed by atoms with van der Waals surface area (Å²) in [5, 5.41) is 5.94. The number of anilines is 1. The van der Waals surface area contributed by atoms with Crippen LogP contribution in [0.25, 0.3) is 0 Å². The van der Waals surface area contributed by atoms with E-state index in [1.54, 1.807) is 36.9 Å². The molecule has 178 valence electrons. The van der Waals surface area contributed by atoms with E-state index in [4.69, 9.17) is 16.3 Å². The molecule has 0 heterocycles. The zero-order valence-electron chi connectivity index (χ0n) is 19.4. The molecule has 6 nitrogen and oxygen atoms in total. The highest BCUT2D eigenvalue weighted by Gasteiger charge is 2.17. The van der Waals surface area contributed by atoms with Crippen LogP contribution in [-0.4, -0.2) is 55.3 Å². The number of hydrogen-bond donors (Lipinski definition) is 2. The van der Waals surface area contributed by atoms with E-state index in [1.807, 2.05) is 30.3 Å². The second kappa shape index (κ2) is 14.6. The molecule has 2 aromatic carbocycles. The van der Waals surface area contributed by atoms with Crippen molar-refractivity contribution < 1.29 is 14.3 Å². The number of benzene rings is 2. The number of carbonyl (C=O) groups excluding carboxylic acids is 2. The molecule has 0 aromatic heterocycles. The highest BCUT2D eigenvalue weighted by Crippen LogP contribution is 2.31. The first kappa shape index (κ1) is 26.8. The molecule has 0 radical (unpaired) electrons. The first-order valence-corrected chi connectivity index (χ1v) is 12.4. The summed E-state index contributed by atoms with van der Waals surface area (Å²) in [6.07, 6.45) is 3.04. The largest absolute Gasteiger partial charge is 0.492 e. The van der Waals surface area contributed by atoms with Crippen LogP contribution in [0.1, 0.15) is 31.1 Å². The molecule has 0 aliphatic carbocycles. The van der Waals surface area contributed by atoms with Gasteiger partial charge in [0.05, 0.1) is 22.9 Å². The molecule has 0 bridgehead atoms. The molecule has 33 heavy (non-hydrogen) atoms. The van der Waals surface area contributed by atoms with Crippen molar-refractivity contribution in [1.29, 1.82) is 0 Å². The van der Waals surface area contributed by atoms with Crippen molar-refractivity contribution in [2.45, 2.75) is 25.7 Å². The summed E-state index contributed by atoms with van der Waals surface area (Å²) in [7, 11) is 0. The van der Waals surface area contributed by atoms with Crippen molar-refractivity contribution >= 4 is 40.9 Å². The Morgan fingerprint density at radius 2 is 1.88 bits per heavy atom. The van der Waals surface area contributed by atoms with Gasteiger partial charge in [-0.05, 0) is 44.3 Å². The summed E-state index contributed by atoms with van der Waals surface area (Å²) in [6, 6.07) is 13.2. The molecule has 2 amide bonds. The number of carbonyl (C=O) groups is 2. The number of halogens is 1. The quantitative estimate of drug-likeness (QED) is 0.233. The lowest BCUT2D eigenvalue weighted by atomic mass is 10.1. The first-order chi connectivity index (χ1) is 16.0. The van der Waals surface area contributed by atoms with Crippen LogP contribution in [0.4, 0.5) is 5.69 Å². The van der Waals surface area contributed by atoms with Crippen molar-refractivity contribution in [3.8, 4) is 5.75 Å². The minimum atomic E-state index is -0.304. The van der Waals surface area contributed by atoms with Crippen molar-refractivity contribution in [2.24, 2.45) is 0 Å². The van der Waals surface area contributed by atoms with Crippen molar-refractivity contribution in [3.05, 3.63) is 65.2 Å². The van der Waals surface area contributed by atoms with Crippen LogP contribution >= 0.6 is 23.4 Å². The number of hydrogen-bond acceptors (Lipinski definition) is 5. The average Bonchev–Trinajstić information content (AvgIpc) is 2.82. The van der Waals surface area contributed by atoms with Gasteiger partial charge in [-0.1, -0.05) is 49.7 Å². The molecule has 0 spiro atoms. The van der Waals surface area contributed by atoms with Crippen LogP contribution in [0.2, 0.25) is 5.02 Å². The fourth-order valence-electron chi connectivity index (χ4n) is 3.06. The molecule has 0 aliphatic heterocycles. The number of ether oxygens (including phenoxy) is 1. The van der Waals surface area contributed by atoms with Crippen LogP contribution in [0.3, 0.4) is 0 Å². The zero-order valence-corrected chi connectivity index (χ0v) is 21.0. The molecule has 2 rings (SSSR count). The first-order valence-electron chi connectivity index (χ1n) is 11.1. The fraction of sp³-hybridized carbons (Fsp3) is 0.360. The van der Waals surface area contributed by atoms with Crippen LogP contribution in [-0.2, 0) is 4.79 Å². The Labute approximate surface area is 205 Å². The lowest BCUT2D eigenvalue weighted by molar-refractivity contribution is -0.111. The van der Waals surface area contributed by atoms with E-state index in [0.717, 1.165) is 24.5 Å². The maximum atomic E-state index is 12.9. The van der Waals surface area contributed by atoms with Crippen LogP contribution < -0.4 is 15.4 Å². The van der Waals surface area contributed by atoms with Gasteiger partial charge in [0.15, 0.2) is 0 Å². The summed E-state index contributed by atoms with van der Waals surface area (Å²) in [5.74, 6) is 0.516. The van der Waals surface area contributed by atoms with Gasteiger partial charge in [-0.25, -0.2) is 0 Å². The molecule has 0 saturated carbocycles. The van der Waals surface area contributed by atoms with Crippen molar-refractivity contribution in [3.63, 3.8) is 0 Å². The summed E-state index contributed by atoms with van der Waals surface area (Å²) in [4.78, 5) is 28.3. The standard InChI is InChI=1S/C25H32ClN3O3S/c1-4-10-24(30)28-22-18-23(32-15-16-33-19-11-8-7-9-12-19)20(17-21(22)26)25(31)27-13-14-29(5-2)6-3/h4,7-12,17-18H,5-6,13-16H2,1-3H3,(H,27,31)(H,28,30)/b10-4+. The van der Waals surface area contributed by atoms with E-state index in [1.165, 1.54) is 6.08 Å². The minimum Gasteiger partial charge on any atom is -0.492 e. The van der Waals surface area contributed by atoms with Gasteiger partial charge < -0.3 is 20.3 Å². The van der Waals surface area contributed by atoms with Crippen LogP contribution in [0.15, 0.2) is 59.5 Å². The number of nitrogens with zero attached hydrogens (tertiary/aromatic N) is 1. The predicted molar refractivity (Wildman–Crippen MR) is 138 cm³/mol. The Hall–Kier alpha value is -2.48. The van der Waals surface area contributed by atoms with E-state index in [2.05, 4.69) is 29.4 Å². The van der Waals surface area contributed by atoms with Gasteiger partial charge in [0.1, 0.15) is 5.75 Å². The Morgan fingerprint density at radius 3 is 2.55 bits per heavy atom. The number of amides is 2. The van der Waals surface area contributed by atoms with E-state index in [-0.39, 0.29) is 16.8 Å². The Balaban J connectivity index is 2.12. The number of rotatable bonds is 13. The lowest BCUT2D eigenvalue weighted by Crippen LogP contribution is -2.35. The molecule has 0 atom stereocenters. The van der Waals surface area contributed by atoms with Gasteiger partial charge in [0.25, 0.3) is 5.91 Å². The Morgan fingerprint density at radius 1 is 1.15 bits per heavy atom. The fourth-order valence-corrected chi connectivity index (χ4v) is 4.03. The molecule has 2 N–H and O–H groups in total. The lowest BCUT2D eigenvalue weighted by Gasteiger charge is -2.19. The summed E-state index contributed by atoms with van der Waals surface area (Å²) in [5.41, 5.74) is 0.735. The van der Waals surface area contributed by atoms with E-state index in [0.29, 0.717) is 35.9 Å². The van der Waals surface area contributed by atoms with Gasteiger partial charge in [0.2, 0.25) is 5.91 Å². The molecule has 0 aliphatic rings. The van der Waals surface area contributed by atoms with Crippen LogP contribution in [0.5, 0.6) is 5.75 Å². The SMILES string of the molecule is C/C=C/C(=O)Nc1cc(OCCSc2ccccc2)c(C(=O)NCCN(CC)CC)cc1Cl. The third kappa shape index (κ3) is 9.12. The number of thioether (sulfide) groups is 1. The summed E-state index contributed by atoms with van der Waals surface area (Å²) in [6.45, 7) is 9.44. The molecular formula is C25H32ClN3O3S.